The zero-order valence-electron chi connectivity index (χ0n) is 17.3. The molecule has 11 heteroatoms. The van der Waals surface area contributed by atoms with Gasteiger partial charge in [-0.1, -0.05) is 29.3 Å². The third kappa shape index (κ3) is 5.03. The summed E-state index contributed by atoms with van der Waals surface area (Å²) in [6.45, 7) is 2.28. The second kappa shape index (κ2) is 10.4. The molecule has 1 amide bonds. The maximum Gasteiger partial charge on any atom is 0.278 e. The summed E-state index contributed by atoms with van der Waals surface area (Å²) in [5.41, 5.74) is 0.542. The van der Waals surface area contributed by atoms with Crippen LogP contribution in [0.15, 0.2) is 47.4 Å². The number of halogens is 2. The quantitative estimate of drug-likeness (QED) is 0.375. The first-order chi connectivity index (χ1) is 15.2. The molecular weight excluding hydrogens is 479 g/mol. The van der Waals surface area contributed by atoms with Crippen molar-refractivity contribution in [2.45, 2.75) is 35.7 Å². The number of nitrogens with one attached hydrogen (secondary N) is 2. The van der Waals surface area contributed by atoms with E-state index >= 15 is 0 Å². The Hall–Kier alpha value is -1.88. The number of benzene rings is 2. The minimum Gasteiger partial charge on any atom is -0.489 e. The highest BCUT2D eigenvalue weighted by atomic mass is 35.5. The first-order valence-corrected chi connectivity index (χ1v) is 12.2. The number of hydrogen-bond donors (Lipinski definition) is 3. The number of hydroxylamine groups is 1. The fraction of sp³-hybridized carbons (Fsp3) is 0.381. The van der Waals surface area contributed by atoms with Crippen molar-refractivity contribution < 1.29 is 27.9 Å². The Morgan fingerprint density at radius 1 is 1.25 bits per heavy atom. The fourth-order valence-corrected chi connectivity index (χ4v) is 6.23. The molecule has 0 saturated carbocycles. The van der Waals surface area contributed by atoms with Gasteiger partial charge in [0.15, 0.2) is 15.4 Å². The predicted octanol–water partition coefficient (Wildman–Crippen LogP) is 2.99. The third-order valence-corrected chi connectivity index (χ3v) is 8.20. The average molecular weight is 503 g/mol. The summed E-state index contributed by atoms with van der Waals surface area (Å²) in [7, 11) is -3.97. The van der Waals surface area contributed by atoms with Gasteiger partial charge in [0.25, 0.3) is 5.91 Å². The monoisotopic (exact) mass is 502 g/mol. The summed E-state index contributed by atoms with van der Waals surface area (Å²) >= 11 is 12.0. The highest BCUT2D eigenvalue weighted by Crippen LogP contribution is 2.33. The lowest BCUT2D eigenvalue weighted by atomic mass is 9.92. The van der Waals surface area contributed by atoms with E-state index in [0.717, 1.165) is 5.56 Å². The van der Waals surface area contributed by atoms with Gasteiger partial charge in [-0.25, -0.2) is 13.9 Å². The standard InChI is InChI=1S/C21H24Cl2N2O6S/c1-2-31-21(20(26)25-27)13-24-10-9-19(21)32(28,29)17-7-5-16(6-8-17)30-12-14-3-4-15(22)11-18(14)23/h3-8,11,19,24,27H,2,9-10,12-13H2,1H3,(H,25,26). The smallest absolute Gasteiger partial charge is 0.278 e. The van der Waals surface area contributed by atoms with Crippen molar-refractivity contribution in [2.24, 2.45) is 0 Å². The van der Waals surface area contributed by atoms with Crippen molar-refractivity contribution in [1.29, 1.82) is 0 Å². The number of carbonyl (C=O) groups is 1. The molecule has 3 rings (SSSR count). The Morgan fingerprint density at radius 2 is 1.97 bits per heavy atom. The summed E-state index contributed by atoms with van der Waals surface area (Å²) < 4.78 is 38.2. The molecule has 0 aliphatic carbocycles. The zero-order valence-corrected chi connectivity index (χ0v) is 19.6. The van der Waals surface area contributed by atoms with Crippen LogP contribution in [-0.4, -0.2) is 50.1 Å². The molecule has 1 aliphatic heterocycles. The molecule has 0 aromatic heterocycles. The molecule has 0 bridgehead atoms. The van der Waals surface area contributed by atoms with Gasteiger partial charge in [0, 0.05) is 28.8 Å². The van der Waals surface area contributed by atoms with Crippen LogP contribution in [-0.2, 0) is 26.0 Å². The molecule has 8 nitrogen and oxygen atoms in total. The van der Waals surface area contributed by atoms with Gasteiger partial charge >= 0.3 is 0 Å². The third-order valence-electron chi connectivity index (χ3n) is 5.32. The normalized spacial score (nSPS) is 21.2. The van der Waals surface area contributed by atoms with Crippen LogP contribution in [0.3, 0.4) is 0 Å². The molecule has 1 heterocycles. The lowest BCUT2D eigenvalue weighted by molar-refractivity contribution is -0.157. The molecule has 2 unspecified atom stereocenters. The summed E-state index contributed by atoms with van der Waals surface area (Å²) in [5, 5.41) is 12.0. The second-order valence-corrected chi connectivity index (χ2v) is 10.2. The van der Waals surface area contributed by atoms with Gasteiger partial charge in [-0.15, -0.1) is 0 Å². The number of piperidine rings is 1. The van der Waals surface area contributed by atoms with E-state index in [1.165, 1.54) is 24.3 Å². The van der Waals surface area contributed by atoms with Crippen molar-refractivity contribution in [3.8, 4) is 5.75 Å². The lowest BCUT2D eigenvalue weighted by Crippen LogP contribution is -2.66. The molecule has 1 aliphatic rings. The highest BCUT2D eigenvalue weighted by Gasteiger charge is 2.54. The van der Waals surface area contributed by atoms with Gasteiger partial charge in [0.05, 0.1) is 4.90 Å². The molecule has 2 aromatic carbocycles. The van der Waals surface area contributed by atoms with E-state index in [1.807, 2.05) is 0 Å². The van der Waals surface area contributed by atoms with Crippen molar-refractivity contribution in [1.82, 2.24) is 10.8 Å². The van der Waals surface area contributed by atoms with Gasteiger partial charge in [0.2, 0.25) is 0 Å². The Kier molecular flexibility index (Phi) is 8.02. The predicted molar refractivity (Wildman–Crippen MR) is 120 cm³/mol. The van der Waals surface area contributed by atoms with Crippen LogP contribution >= 0.6 is 23.2 Å². The molecule has 3 N–H and O–H groups in total. The SMILES string of the molecule is CCOC1(C(=O)NO)CNCCC1S(=O)(=O)c1ccc(OCc2ccc(Cl)cc2Cl)cc1. The summed E-state index contributed by atoms with van der Waals surface area (Å²) in [6, 6.07) is 11.0. The Labute approximate surface area is 196 Å². The van der Waals surface area contributed by atoms with Gasteiger partial charge < -0.3 is 14.8 Å². The summed E-state index contributed by atoms with van der Waals surface area (Å²) in [4.78, 5) is 12.5. The van der Waals surface area contributed by atoms with Gasteiger partial charge in [-0.2, -0.15) is 0 Å². The van der Waals surface area contributed by atoms with Crippen LogP contribution in [0.1, 0.15) is 18.9 Å². The zero-order chi connectivity index (χ0) is 23.4. The van der Waals surface area contributed by atoms with Crippen molar-refractivity contribution in [2.75, 3.05) is 19.7 Å². The summed E-state index contributed by atoms with van der Waals surface area (Å²) in [5.74, 6) is -0.454. The number of sulfone groups is 1. The Morgan fingerprint density at radius 3 is 2.59 bits per heavy atom. The fourth-order valence-electron chi connectivity index (χ4n) is 3.74. The number of rotatable bonds is 8. The molecule has 1 fully saturated rings. The Bertz CT molecular complexity index is 1060. The van der Waals surface area contributed by atoms with Gasteiger partial charge in [0.1, 0.15) is 17.6 Å². The van der Waals surface area contributed by atoms with Crippen LogP contribution < -0.4 is 15.5 Å². The maximum atomic E-state index is 13.4. The van der Waals surface area contributed by atoms with Crippen LogP contribution in [0.4, 0.5) is 0 Å². The number of amides is 1. The van der Waals surface area contributed by atoms with Crippen molar-refractivity contribution in [3.63, 3.8) is 0 Å². The molecule has 2 aromatic rings. The van der Waals surface area contributed by atoms with Crippen LogP contribution in [0.2, 0.25) is 10.0 Å². The Balaban J connectivity index is 1.82. The van der Waals surface area contributed by atoms with Gasteiger partial charge in [-0.05, 0) is 56.3 Å². The van der Waals surface area contributed by atoms with Gasteiger partial charge in [-0.3, -0.25) is 10.0 Å². The number of hydrogen-bond acceptors (Lipinski definition) is 7. The second-order valence-electron chi connectivity index (χ2n) is 7.26. The van der Waals surface area contributed by atoms with Crippen molar-refractivity contribution >= 4 is 38.9 Å². The topological polar surface area (TPSA) is 114 Å². The molecule has 0 spiro atoms. The maximum absolute atomic E-state index is 13.4. The van der Waals surface area contributed by atoms with E-state index in [4.69, 9.17) is 32.7 Å². The highest BCUT2D eigenvalue weighted by molar-refractivity contribution is 7.92. The molecule has 32 heavy (non-hydrogen) atoms. The number of ether oxygens (including phenoxy) is 2. The molecule has 2 atom stereocenters. The van der Waals surface area contributed by atoms with Crippen LogP contribution in [0.5, 0.6) is 5.75 Å². The van der Waals surface area contributed by atoms with E-state index < -0.39 is 26.6 Å². The van der Waals surface area contributed by atoms with E-state index in [2.05, 4.69) is 5.32 Å². The molecular formula is C21H24Cl2N2O6S. The molecule has 1 saturated heterocycles. The largest absolute Gasteiger partial charge is 0.489 e. The van der Waals surface area contributed by atoms with Crippen LogP contribution in [0.25, 0.3) is 0 Å². The summed E-state index contributed by atoms with van der Waals surface area (Å²) in [6.07, 6.45) is 0.142. The lowest BCUT2D eigenvalue weighted by Gasteiger charge is -2.41. The molecule has 0 radical (unpaired) electrons. The van der Waals surface area contributed by atoms with E-state index in [-0.39, 0.29) is 31.1 Å². The van der Waals surface area contributed by atoms with E-state index in [9.17, 15) is 18.4 Å². The number of carbonyl (C=O) groups excluding carboxylic acids is 1. The van der Waals surface area contributed by atoms with E-state index in [1.54, 1.807) is 30.6 Å². The average Bonchev–Trinajstić information content (AvgIpc) is 2.78. The molecule has 174 valence electrons. The van der Waals surface area contributed by atoms with Crippen molar-refractivity contribution in [3.05, 3.63) is 58.1 Å². The van der Waals surface area contributed by atoms with Crippen LogP contribution in [0, 0.1) is 0 Å². The first kappa shape index (κ1) is 24.8. The first-order valence-electron chi connectivity index (χ1n) is 9.94. The van der Waals surface area contributed by atoms with E-state index in [0.29, 0.717) is 22.3 Å². The minimum atomic E-state index is -3.97. The minimum absolute atomic E-state index is 0.0242.